The maximum Gasteiger partial charge on any atom is 0.523 e. The molecule has 3 nitrogen and oxygen atoms in total. The molecule has 0 bridgehead atoms. The lowest BCUT2D eigenvalue weighted by Gasteiger charge is -2.19. The van der Waals surface area contributed by atoms with Crippen molar-refractivity contribution in [1.82, 2.24) is 0 Å². The lowest BCUT2D eigenvalue weighted by Crippen LogP contribution is -2.31. The molecule has 0 N–H and O–H groups in total. The van der Waals surface area contributed by atoms with Crippen molar-refractivity contribution in [3.05, 3.63) is 0 Å². The number of hydrogen-bond donors (Lipinski definition) is 0. The first-order valence-electron chi connectivity index (χ1n) is 5.51. The molecule has 0 aromatic carbocycles. The van der Waals surface area contributed by atoms with E-state index >= 15 is 0 Å². The zero-order chi connectivity index (χ0) is 13.5. The zero-order valence-electron chi connectivity index (χ0n) is 10.0. The molecule has 102 valence electrons. The van der Waals surface area contributed by atoms with Crippen LogP contribution in [0.5, 0.6) is 0 Å². The maximum absolute atomic E-state index is 12.2. The van der Waals surface area contributed by atoms with E-state index < -0.39 is 21.7 Å². The first kappa shape index (κ1) is 14.8. The third kappa shape index (κ3) is 3.34. The third-order valence-corrected chi connectivity index (χ3v) is 4.21. The SMILES string of the molecule is CCCC(OS(=O)(=O)C(F)(F)F)C1CC1(C)C. The Morgan fingerprint density at radius 1 is 1.41 bits per heavy atom. The average Bonchev–Trinajstić information content (AvgIpc) is 2.72. The van der Waals surface area contributed by atoms with Gasteiger partial charge < -0.3 is 0 Å². The molecule has 0 heterocycles. The van der Waals surface area contributed by atoms with Crippen molar-refractivity contribution in [2.24, 2.45) is 11.3 Å². The van der Waals surface area contributed by atoms with Crippen LogP contribution in [0.1, 0.15) is 40.0 Å². The van der Waals surface area contributed by atoms with Crippen LogP contribution in [0.25, 0.3) is 0 Å². The third-order valence-electron chi connectivity index (χ3n) is 3.15. The largest absolute Gasteiger partial charge is 0.523 e. The fraction of sp³-hybridized carbons (Fsp3) is 1.00. The van der Waals surface area contributed by atoms with Gasteiger partial charge in [0.15, 0.2) is 0 Å². The van der Waals surface area contributed by atoms with Gasteiger partial charge in [0.25, 0.3) is 0 Å². The van der Waals surface area contributed by atoms with Gasteiger partial charge in [0.1, 0.15) is 0 Å². The van der Waals surface area contributed by atoms with Gasteiger partial charge in [0.05, 0.1) is 6.10 Å². The van der Waals surface area contributed by atoms with E-state index in [4.69, 9.17) is 0 Å². The van der Waals surface area contributed by atoms with Crippen molar-refractivity contribution in [1.29, 1.82) is 0 Å². The minimum Gasteiger partial charge on any atom is -0.260 e. The van der Waals surface area contributed by atoms with Gasteiger partial charge in [-0.25, -0.2) is 0 Å². The summed E-state index contributed by atoms with van der Waals surface area (Å²) in [6.45, 7) is 5.57. The van der Waals surface area contributed by atoms with E-state index in [0.717, 1.165) is 0 Å². The summed E-state index contributed by atoms with van der Waals surface area (Å²) >= 11 is 0. The predicted molar refractivity (Wildman–Crippen MR) is 56.6 cm³/mol. The molecule has 17 heavy (non-hydrogen) atoms. The van der Waals surface area contributed by atoms with Crippen LogP contribution >= 0.6 is 0 Å². The standard InChI is InChI=1S/C10H17F3O3S/c1-4-5-8(7-6-9(7,2)3)16-17(14,15)10(11,12)13/h7-8H,4-6H2,1-3H3. The van der Waals surface area contributed by atoms with Gasteiger partial charge in [0, 0.05) is 0 Å². The van der Waals surface area contributed by atoms with Crippen LogP contribution in [0.4, 0.5) is 13.2 Å². The van der Waals surface area contributed by atoms with E-state index in [-0.39, 0.29) is 11.3 Å². The van der Waals surface area contributed by atoms with Crippen LogP contribution in [0.3, 0.4) is 0 Å². The van der Waals surface area contributed by atoms with Crippen LogP contribution in [-0.2, 0) is 14.3 Å². The molecule has 1 saturated carbocycles. The van der Waals surface area contributed by atoms with E-state index in [2.05, 4.69) is 4.18 Å². The van der Waals surface area contributed by atoms with Gasteiger partial charge in [0.2, 0.25) is 0 Å². The molecule has 1 rings (SSSR count). The van der Waals surface area contributed by atoms with Crippen molar-refractivity contribution in [2.45, 2.75) is 51.6 Å². The minimum atomic E-state index is -5.47. The molecule has 0 spiro atoms. The highest BCUT2D eigenvalue weighted by Crippen LogP contribution is 2.55. The molecule has 2 unspecified atom stereocenters. The molecule has 2 atom stereocenters. The molecule has 1 aliphatic carbocycles. The zero-order valence-corrected chi connectivity index (χ0v) is 10.9. The number of hydrogen-bond acceptors (Lipinski definition) is 3. The summed E-state index contributed by atoms with van der Waals surface area (Å²) < 4.78 is 62.8. The fourth-order valence-corrected chi connectivity index (χ4v) is 2.63. The Kier molecular flexibility index (Phi) is 3.84. The van der Waals surface area contributed by atoms with Crippen LogP contribution in [0.2, 0.25) is 0 Å². The van der Waals surface area contributed by atoms with Crippen LogP contribution in [0.15, 0.2) is 0 Å². The van der Waals surface area contributed by atoms with E-state index in [9.17, 15) is 21.6 Å². The summed E-state index contributed by atoms with van der Waals surface area (Å²) in [5.41, 5.74) is -5.46. The summed E-state index contributed by atoms with van der Waals surface area (Å²) in [7, 11) is -5.47. The second-order valence-electron chi connectivity index (χ2n) is 5.12. The van der Waals surface area contributed by atoms with Crippen molar-refractivity contribution in [2.75, 3.05) is 0 Å². The van der Waals surface area contributed by atoms with Gasteiger partial charge in [-0.05, 0) is 24.2 Å². The smallest absolute Gasteiger partial charge is 0.260 e. The molecule has 0 aromatic heterocycles. The molecule has 7 heteroatoms. The van der Waals surface area contributed by atoms with E-state index in [1.165, 1.54) is 0 Å². The number of alkyl halides is 3. The van der Waals surface area contributed by atoms with E-state index in [1.807, 2.05) is 13.8 Å². The Morgan fingerprint density at radius 3 is 2.18 bits per heavy atom. The Balaban J connectivity index is 2.76. The minimum absolute atomic E-state index is 0.112. The fourth-order valence-electron chi connectivity index (χ4n) is 1.96. The Labute approximate surface area is 99.5 Å². The number of rotatable bonds is 5. The van der Waals surface area contributed by atoms with Crippen LogP contribution in [-0.4, -0.2) is 20.0 Å². The quantitative estimate of drug-likeness (QED) is 0.571. The molecule has 0 saturated heterocycles. The predicted octanol–water partition coefficient (Wildman–Crippen LogP) is 3.07. The summed E-state index contributed by atoms with van der Waals surface area (Å²) in [6.07, 6.45) is 0.751. The van der Waals surface area contributed by atoms with Crippen molar-refractivity contribution >= 4 is 10.1 Å². The van der Waals surface area contributed by atoms with Gasteiger partial charge >= 0.3 is 15.6 Å². The normalized spacial score (nSPS) is 25.6. The monoisotopic (exact) mass is 274 g/mol. The van der Waals surface area contributed by atoms with Crippen molar-refractivity contribution in [3.8, 4) is 0 Å². The average molecular weight is 274 g/mol. The Bertz CT molecular complexity index is 373. The van der Waals surface area contributed by atoms with E-state index in [0.29, 0.717) is 19.3 Å². The summed E-state index contributed by atoms with van der Waals surface area (Å²) in [4.78, 5) is 0. The molecule has 0 aromatic rings. The first-order valence-corrected chi connectivity index (χ1v) is 6.91. The topological polar surface area (TPSA) is 43.4 Å². The summed E-state index contributed by atoms with van der Waals surface area (Å²) in [5.74, 6) is -0.112. The van der Waals surface area contributed by atoms with Crippen LogP contribution in [0, 0.1) is 11.3 Å². The Morgan fingerprint density at radius 2 is 1.88 bits per heavy atom. The summed E-state index contributed by atoms with van der Waals surface area (Å²) in [6, 6.07) is 0. The van der Waals surface area contributed by atoms with Crippen molar-refractivity contribution < 1.29 is 25.8 Å². The second-order valence-corrected chi connectivity index (χ2v) is 6.69. The van der Waals surface area contributed by atoms with Gasteiger partial charge in [-0.2, -0.15) is 21.6 Å². The van der Waals surface area contributed by atoms with Crippen LogP contribution < -0.4 is 0 Å². The molecule has 0 aliphatic heterocycles. The maximum atomic E-state index is 12.2. The molecule has 1 aliphatic rings. The molecular weight excluding hydrogens is 257 g/mol. The molecule has 0 radical (unpaired) electrons. The van der Waals surface area contributed by atoms with Gasteiger partial charge in [-0.15, -0.1) is 0 Å². The molecule has 1 fully saturated rings. The highest BCUT2D eigenvalue weighted by molar-refractivity contribution is 7.87. The molecule has 0 amide bonds. The van der Waals surface area contributed by atoms with E-state index in [1.54, 1.807) is 6.92 Å². The second kappa shape index (κ2) is 4.42. The highest BCUT2D eigenvalue weighted by Gasteiger charge is 2.55. The number of halogens is 3. The lowest BCUT2D eigenvalue weighted by atomic mass is 10.0. The van der Waals surface area contributed by atoms with Gasteiger partial charge in [-0.3, -0.25) is 4.18 Å². The lowest BCUT2D eigenvalue weighted by molar-refractivity contribution is -0.0588. The highest BCUT2D eigenvalue weighted by atomic mass is 32.2. The summed E-state index contributed by atoms with van der Waals surface area (Å²) in [5, 5.41) is 0. The first-order chi connectivity index (χ1) is 7.51. The van der Waals surface area contributed by atoms with Gasteiger partial charge in [-0.1, -0.05) is 27.2 Å². The Hall–Kier alpha value is -0.300. The molecular formula is C10H17F3O3S. The van der Waals surface area contributed by atoms with Crippen molar-refractivity contribution in [3.63, 3.8) is 0 Å².